The van der Waals surface area contributed by atoms with Crippen molar-refractivity contribution in [3.05, 3.63) is 83.9 Å². The van der Waals surface area contributed by atoms with Crippen LogP contribution in [0.15, 0.2) is 72.8 Å². The minimum Gasteiger partial charge on any atom is -0.462 e. The summed E-state index contributed by atoms with van der Waals surface area (Å²) >= 11 is 0. The summed E-state index contributed by atoms with van der Waals surface area (Å²) in [7, 11) is 2.00. The summed E-state index contributed by atoms with van der Waals surface area (Å²) < 4.78 is 12.6. The highest BCUT2D eigenvalue weighted by atomic mass is 16.5. The molecule has 0 saturated carbocycles. The molecule has 1 aromatic heterocycles. The number of esters is 2. The summed E-state index contributed by atoms with van der Waals surface area (Å²) in [5, 5.41) is 1.74. The molecule has 0 atom stereocenters. The number of fused-ring (bicyclic) bond motifs is 1. The lowest BCUT2D eigenvalue weighted by Gasteiger charge is -2.10. The van der Waals surface area contributed by atoms with Gasteiger partial charge in [-0.15, -0.1) is 0 Å². The van der Waals surface area contributed by atoms with Crippen molar-refractivity contribution in [2.75, 3.05) is 13.2 Å². The van der Waals surface area contributed by atoms with Gasteiger partial charge in [0.2, 0.25) is 0 Å². The van der Waals surface area contributed by atoms with Crippen molar-refractivity contribution in [3.8, 4) is 22.5 Å². The molecule has 0 amide bonds. The van der Waals surface area contributed by atoms with E-state index in [1.54, 1.807) is 26.0 Å². The maximum Gasteiger partial charge on any atom is 0.339 e. The number of hydrogen-bond donors (Lipinski definition) is 0. The molecule has 0 bridgehead atoms. The maximum absolute atomic E-state index is 12.8. The Hall–Kier alpha value is -3.86. The van der Waals surface area contributed by atoms with Gasteiger partial charge in [-0.3, -0.25) is 0 Å². The van der Waals surface area contributed by atoms with Crippen LogP contribution < -0.4 is 0 Å². The molecule has 0 fully saturated rings. The van der Waals surface area contributed by atoms with Crippen molar-refractivity contribution in [3.63, 3.8) is 0 Å². The van der Waals surface area contributed by atoms with Crippen LogP contribution in [-0.4, -0.2) is 29.7 Å². The van der Waals surface area contributed by atoms with E-state index in [1.165, 1.54) is 0 Å². The van der Waals surface area contributed by atoms with Gasteiger partial charge in [0.15, 0.2) is 0 Å². The second kappa shape index (κ2) is 9.10. The van der Waals surface area contributed by atoms with Crippen LogP contribution >= 0.6 is 0 Å². The third-order valence-electron chi connectivity index (χ3n) is 5.42. The van der Waals surface area contributed by atoms with Gasteiger partial charge in [0.1, 0.15) is 0 Å². The summed E-state index contributed by atoms with van der Waals surface area (Å²) in [6.07, 6.45) is 0. The molecule has 4 aromatic rings. The normalized spacial score (nSPS) is 10.8. The highest BCUT2D eigenvalue weighted by molar-refractivity contribution is 6.13. The Morgan fingerprint density at radius 2 is 1.06 bits per heavy atom. The predicted octanol–water partition coefficient (Wildman–Crippen LogP) is 5.87. The first kappa shape index (κ1) is 21.4. The monoisotopic (exact) mass is 427 g/mol. The predicted molar refractivity (Wildman–Crippen MR) is 126 cm³/mol. The fourth-order valence-electron chi connectivity index (χ4n) is 4.11. The second-order valence-electron chi connectivity index (χ2n) is 7.37. The molecular formula is C27H25NO4. The molecule has 0 aliphatic rings. The van der Waals surface area contributed by atoms with E-state index >= 15 is 0 Å². The first-order valence-corrected chi connectivity index (χ1v) is 10.7. The van der Waals surface area contributed by atoms with Crippen molar-refractivity contribution in [1.82, 2.24) is 4.57 Å². The van der Waals surface area contributed by atoms with Crippen LogP contribution in [0, 0.1) is 0 Å². The van der Waals surface area contributed by atoms with Crippen LogP contribution in [-0.2, 0) is 16.5 Å². The minimum absolute atomic E-state index is 0.209. The van der Waals surface area contributed by atoms with E-state index in [9.17, 15) is 9.59 Å². The molecule has 5 heteroatoms. The first-order chi connectivity index (χ1) is 15.6. The van der Waals surface area contributed by atoms with Crippen LogP contribution in [0.2, 0.25) is 0 Å². The zero-order chi connectivity index (χ0) is 22.7. The Morgan fingerprint density at radius 3 is 1.41 bits per heavy atom. The Bertz CT molecular complexity index is 1180. The van der Waals surface area contributed by atoms with E-state index in [0.29, 0.717) is 0 Å². The van der Waals surface area contributed by atoms with E-state index in [1.807, 2.05) is 67.7 Å². The van der Waals surface area contributed by atoms with Gasteiger partial charge in [-0.05, 0) is 37.1 Å². The highest BCUT2D eigenvalue weighted by Gasteiger charge is 2.25. The van der Waals surface area contributed by atoms with Gasteiger partial charge >= 0.3 is 11.9 Å². The van der Waals surface area contributed by atoms with Gasteiger partial charge in [-0.1, -0.05) is 60.7 Å². The van der Waals surface area contributed by atoms with E-state index in [0.717, 1.165) is 33.3 Å². The fraction of sp³-hybridized carbons (Fsp3) is 0.185. The van der Waals surface area contributed by atoms with Gasteiger partial charge in [0, 0.05) is 17.8 Å². The zero-order valence-corrected chi connectivity index (χ0v) is 18.4. The van der Waals surface area contributed by atoms with Crippen LogP contribution in [0.4, 0.5) is 0 Å². The Morgan fingerprint density at radius 1 is 0.688 bits per heavy atom. The van der Waals surface area contributed by atoms with Gasteiger partial charge in [-0.25, -0.2) is 9.59 Å². The van der Waals surface area contributed by atoms with Crippen molar-refractivity contribution in [2.24, 2.45) is 7.05 Å². The first-order valence-electron chi connectivity index (χ1n) is 10.7. The summed E-state index contributed by atoms with van der Waals surface area (Å²) in [5.74, 6) is -1.08. The standard InChI is InChI=1S/C27H25NO4/c1-4-31-26(29)22-16-20-21(17-23(22)27(30)32-5-2)25(19-14-10-7-11-15-19)28(3)24(20)18-12-8-6-9-13-18/h6-17H,4-5H2,1-3H3. The number of ether oxygens (including phenoxy) is 2. The maximum atomic E-state index is 12.8. The van der Waals surface area contributed by atoms with Crippen molar-refractivity contribution < 1.29 is 19.1 Å². The van der Waals surface area contributed by atoms with Crippen LogP contribution in [0.25, 0.3) is 33.3 Å². The quantitative estimate of drug-likeness (QED) is 0.361. The van der Waals surface area contributed by atoms with E-state index in [2.05, 4.69) is 4.57 Å². The number of hydrogen-bond acceptors (Lipinski definition) is 4. The molecule has 0 spiro atoms. The Kier molecular flexibility index (Phi) is 6.08. The molecule has 0 aliphatic heterocycles. The van der Waals surface area contributed by atoms with Crippen molar-refractivity contribution in [2.45, 2.75) is 13.8 Å². The summed E-state index contributed by atoms with van der Waals surface area (Å²) in [6.45, 7) is 3.92. The molecule has 0 unspecified atom stereocenters. The smallest absolute Gasteiger partial charge is 0.339 e. The number of carbonyl (C=O) groups excluding carboxylic acids is 2. The number of benzene rings is 3. The Labute approximate surface area is 187 Å². The third-order valence-corrected chi connectivity index (χ3v) is 5.42. The average Bonchev–Trinajstić information content (AvgIpc) is 3.10. The highest BCUT2D eigenvalue weighted by Crippen LogP contribution is 2.40. The van der Waals surface area contributed by atoms with Gasteiger partial charge in [0.25, 0.3) is 0 Å². The van der Waals surface area contributed by atoms with Gasteiger partial charge in [-0.2, -0.15) is 0 Å². The second-order valence-corrected chi connectivity index (χ2v) is 7.37. The molecule has 0 radical (unpaired) electrons. The number of rotatable bonds is 6. The lowest BCUT2D eigenvalue weighted by molar-refractivity contribution is 0.0479. The van der Waals surface area contributed by atoms with Gasteiger partial charge in [0.05, 0.1) is 35.7 Å². The zero-order valence-electron chi connectivity index (χ0n) is 18.4. The molecule has 0 aliphatic carbocycles. The topological polar surface area (TPSA) is 57.5 Å². The lowest BCUT2D eigenvalue weighted by Crippen LogP contribution is -2.14. The van der Waals surface area contributed by atoms with Crippen LogP contribution in [0.3, 0.4) is 0 Å². The molecule has 4 rings (SSSR count). The molecule has 0 saturated heterocycles. The van der Waals surface area contributed by atoms with E-state index in [4.69, 9.17) is 9.47 Å². The van der Waals surface area contributed by atoms with Crippen LogP contribution in [0.1, 0.15) is 34.6 Å². The lowest BCUT2D eigenvalue weighted by atomic mass is 9.98. The molecule has 0 N–H and O–H groups in total. The molecule has 162 valence electrons. The van der Waals surface area contributed by atoms with Gasteiger partial charge < -0.3 is 14.0 Å². The Balaban J connectivity index is 2.10. The minimum atomic E-state index is -0.540. The third kappa shape index (κ3) is 3.78. The summed E-state index contributed by atoms with van der Waals surface area (Å²) in [4.78, 5) is 25.6. The molecule has 1 heterocycles. The molecule has 5 nitrogen and oxygen atoms in total. The fourth-order valence-corrected chi connectivity index (χ4v) is 4.11. The van der Waals surface area contributed by atoms with E-state index < -0.39 is 11.9 Å². The summed E-state index contributed by atoms with van der Waals surface area (Å²) in [6, 6.07) is 23.5. The van der Waals surface area contributed by atoms with E-state index in [-0.39, 0.29) is 24.3 Å². The molecule has 32 heavy (non-hydrogen) atoms. The van der Waals surface area contributed by atoms with Crippen LogP contribution in [0.5, 0.6) is 0 Å². The largest absolute Gasteiger partial charge is 0.462 e. The number of carbonyl (C=O) groups is 2. The molecular weight excluding hydrogens is 402 g/mol. The SMILES string of the molecule is CCOC(=O)c1cc2c(-c3ccccc3)n(C)c(-c3ccccc3)c2cc1C(=O)OCC. The summed E-state index contributed by atoms with van der Waals surface area (Å²) in [5.41, 5.74) is 4.36. The van der Waals surface area contributed by atoms with Crippen molar-refractivity contribution in [1.29, 1.82) is 0 Å². The number of aromatic nitrogens is 1. The number of nitrogens with zero attached hydrogens (tertiary/aromatic N) is 1. The molecule has 3 aromatic carbocycles. The van der Waals surface area contributed by atoms with Crippen molar-refractivity contribution >= 4 is 22.7 Å². The average molecular weight is 428 g/mol.